The maximum atomic E-state index is 14.2. The Bertz CT molecular complexity index is 454. The van der Waals surface area contributed by atoms with Crippen LogP contribution in [0.5, 0.6) is 11.5 Å². The van der Waals surface area contributed by atoms with Crippen molar-refractivity contribution in [1.82, 2.24) is 5.32 Å². The molecule has 1 aromatic rings. The van der Waals surface area contributed by atoms with E-state index in [4.69, 9.17) is 9.47 Å². The standard InChI is InChI=1S/C14H20FNO2/c1-8-11(10-6-5-7-16-10)14(18-4)13(17-3)9(2)12(8)15/h10,16H,5-7H2,1-4H3. The van der Waals surface area contributed by atoms with Crippen LogP contribution < -0.4 is 14.8 Å². The second-order valence-corrected chi connectivity index (χ2v) is 4.69. The van der Waals surface area contributed by atoms with Crippen molar-refractivity contribution in [3.05, 3.63) is 22.5 Å². The average molecular weight is 253 g/mol. The Hall–Kier alpha value is -1.29. The van der Waals surface area contributed by atoms with Crippen LogP contribution in [0.4, 0.5) is 4.39 Å². The van der Waals surface area contributed by atoms with Crippen LogP contribution in [0.2, 0.25) is 0 Å². The van der Waals surface area contributed by atoms with Crippen LogP contribution in [0.1, 0.15) is 35.6 Å². The van der Waals surface area contributed by atoms with E-state index in [0.29, 0.717) is 22.6 Å². The van der Waals surface area contributed by atoms with Gasteiger partial charge in [0.2, 0.25) is 0 Å². The lowest BCUT2D eigenvalue weighted by atomic mass is 9.95. The summed E-state index contributed by atoms with van der Waals surface area (Å²) >= 11 is 0. The molecule has 1 aliphatic rings. The largest absolute Gasteiger partial charge is 0.492 e. The minimum atomic E-state index is -0.198. The molecule has 4 heteroatoms. The molecule has 0 radical (unpaired) electrons. The predicted octanol–water partition coefficient (Wildman–Crippen LogP) is 2.88. The van der Waals surface area contributed by atoms with Crippen molar-refractivity contribution < 1.29 is 13.9 Å². The second-order valence-electron chi connectivity index (χ2n) is 4.69. The molecule has 1 saturated heterocycles. The summed E-state index contributed by atoms with van der Waals surface area (Å²) < 4.78 is 25.0. The van der Waals surface area contributed by atoms with E-state index in [9.17, 15) is 4.39 Å². The molecule has 3 nitrogen and oxygen atoms in total. The van der Waals surface area contributed by atoms with Gasteiger partial charge in [-0.15, -0.1) is 0 Å². The predicted molar refractivity (Wildman–Crippen MR) is 69.0 cm³/mol. The number of nitrogens with one attached hydrogen (secondary N) is 1. The van der Waals surface area contributed by atoms with Crippen LogP contribution in [0.25, 0.3) is 0 Å². The fourth-order valence-electron chi connectivity index (χ4n) is 2.76. The van der Waals surface area contributed by atoms with Gasteiger partial charge in [0.15, 0.2) is 11.5 Å². The van der Waals surface area contributed by atoms with Crippen LogP contribution in [0.3, 0.4) is 0 Å². The normalized spacial score (nSPS) is 19.1. The minimum absolute atomic E-state index is 0.156. The lowest BCUT2D eigenvalue weighted by molar-refractivity contribution is 0.342. The summed E-state index contributed by atoms with van der Waals surface area (Å²) in [5.74, 6) is 0.967. The van der Waals surface area contributed by atoms with Crippen molar-refractivity contribution in [2.75, 3.05) is 20.8 Å². The highest BCUT2D eigenvalue weighted by atomic mass is 19.1. The molecule has 18 heavy (non-hydrogen) atoms. The molecule has 1 aliphatic heterocycles. The van der Waals surface area contributed by atoms with Crippen molar-refractivity contribution in [3.63, 3.8) is 0 Å². The maximum Gasteiger partial charge on any atom is 0.166 e. The summed E-state index contributed by atoms with van der Waals surface area (Å²) in [6.45, 7) is 4.49. The summed E-state index contributed by atoms with van der Waals surface area (Å²) in [5, 5.41) is 3.38. The molecule has 0 aliphatic carbocycles. The molecule has 100 valence electrons. The van der Waals surface area contributed by atoms with Gasteiger partial charge < -0.3 is 14.8 Å². The van der Waals surface area contributed by atoms with Crippen molar-refractivity contribution in [2.45, 2.75) is 32.7 Å². The number of halogens is 1. The smallest absolute Gasteiger partial charge is 0.166 e. The van der Waals surface area contributed by atoms with E-state index < -0.39 is 0 Å². The number of hydrogen-bond donors (Lipinski definition) is 1. The Morgan fingerprint density at radius 3 is 2.28 bits per heavy atom. The van der Waals surface area contributed by atoms with E-state index in [1.54, 1.807) is 28.1 Å². The molecule has 1 atom stereocenters. The fourth-order valence-corrected chi connectivity index (χ4v) is 2.76. The van der Waals surface area contributed by atoms with E-state index >= 15 is 0 Å². The topological polar surface area (TPSA) is 30.5 Å². The lowest BCUT2D eigenvalue weighted by Gasteiger charge is -2.22. The van der Waals surface area contributed by atoms with E-state index in [1.807, 2.05) is 0 Å². The van der Waals surface area contributed by atoms with E-state index in [2.05, 4.69) is 5.32 Å². The molecule has 0 spiro atoms. The first-order valence-electron chi connectivity index (χ1n) is 6.25. The van der Waals surface area contributed by atoms with Gasteiger partial charge in [0.1, 0.15) is 5.82 Å². The van der Waals surface area contributed by atoms with Gasteiger partial charge in [-0.1, -0.05) is 0 Å². The first kappa shape index (κ1) is 13.1. The number of methoxy groups -OCH3 is 2. The fraction of sp³-hybridized carbons (Fsp3) is 0.571. The van der Waals surface area contributed by atoms with Gasteiger partial charge in [-0.25, -0.2) is 4.39 Å². The highest BCUT2D eigenvalue weighted by molar-refractivity contribution is 5.57. The Balaban J connectivity index is 2.65. The minimum Gasteiger partial charge on any atom is -0.492 e. The van der Waals surface area contributed by atoms with Crippen molar-refractivity contribution in [3.8, 4) is 11.5 Å². The van der Waals surface area contributed by atoms with Gasteiger partial charge in [0.25, 0.3) is 0 Å². The highest BCUT2D eigenvalue weighted by Crippen LogP contribution is 2.43. The molecule has 1 heterocycles. The first-order valence-corrected chi connectivity index (χ1v) is 6.25. The Labute approximate surface area is 107 Å². The third-order valence-corrected chi connectivity index (χ3v) is 3.67. The number of hydrogen-bond acceptors (Lipinski definition) is 3. The molecule has 1 N–H and O–H groups in total. The van der Waals surface area contributed by atoms with Gasteiger partial charge in [0, 0.05) is 17.2 Å². The summed E-state index contributed by atoms with van der Waals surface area (Å²) in [6, 6.07) is 0.156. The van der Waals surface area contributed by atoms with E-state index in [0.717, 1.165) is 24.9 Å². The second kappa shape index (κ2) is 5.14. The molecule has 2 rings (SSSR count). The van der Waals surface area contributed by atoms with Crippen LogP contribution >= 0.6 is 0 Å². The Morgan fingerprint density at radius 2 is 1.78 bits per heavy atom. The first-order chi connectivity index (χ1) is 8.61. The van der Waals surface area contributed by atoms with Crippen molar-refractivity contribution in [1.29, 1.82) is 0 Å². The molecular formula is C14H20FNO2. The maximum absolute atomic E-state index is 14.2. The molecule has 0 saturated carbocycles. The van der Waals surface area contributed by atoms with Crippen LogP contribution in [0, 0.1) is 19.7 Å². The zero-order valence-corrected chi connectivity index (χ0v) is 11.4. The highest BCUT2D eigenvalue weighted by Gasteiger charge is 2.28. The molecule has 0 aromatic heterocycles. The van der Waals surface area contributed by atoms with Crippen molar-refractivity contribution in [2.24, 2.45) is 0 Å². The van der Waals surface area contributed by atoms with E-state index in [-0.39, 0.29) is 11.9 Å². The third-order valence-electron chi connectivity index (χ3n) is 3.67. The third kappa shape index (κ3) is 1.94. The van der Waals surface area contributed by atoms with Crippen LogP contribution in [-0.4, -0.2) is 20.8 Å². The van der Waals surface area contributed by atoms with Crippen molar-refractivity contribution >= 4 is 0 Å². The zero-order valence-electron chi connectivity index (χ0n) is 11.4. The van der Waals surface area contributed by atoms with Gasteiger partial charge >= 0.3 is 0 Å². The molecular weight excluding hydrogens is 233 g/mol. The number of benzene rings is 1. The lowest BCUT2D eigenvalue weighted by Crippen LogP contribution is -2.17. The summed E-state index contributed by atoms with van der Waals surface area (Å²) in [7, 11) is 3.15. The summed E-state index contributed by atoms with van der Waals surface area (Å²) in [5.41, 5.74) is 2.06. The quantitative estimate of drug-likeness (QED) is 0.898. The zero-order chi connectivity index (χ0) is 13.3. The molecule has 1 aromatic carbocycles. The Morgan fingerprint density at radius 1 is 1.11 bits per heavy atom. The van der Waals surface area contributed by atoms with Gasteiger partial charge in [-0.05, 0) is 38.8 Å². The average Bonchev–Trinajstić information content (AvgIpc) is 2.89. The van der Waals surface area contributed by atoms with E-state index in [1.165, 1.54) is 0 Å². The monoisotopic (exact) mass is 253 g/mol. The summed E-state index contributed by atoms with van der Waals surface area (Å²) in [4.78, 5) is 0. The summed E-state index contributed by atoms with van der Waals surface area (Å²) in [6.07, 6.45) is 2.11. The molecule has 0 bridgehead atoms. The number of rotatable bonds is 3. The van der Waals surface area contributed by atoms with Gasteiger partial charge in [-0.2, -0.15) is 0 Å². The molecule has 0 amide bonds. The van der Waals surface area contributed by atoms with Gasteiger partial charge in [0.05, 0.1) is 14.2 Å². The number of ether oxygens (including phenoxy) is 2. The van der Waals surface area contributed by atoms with Crippen LogP contribution in [0.15, 0.2) is 0 Å². The SMILES string of the molecule is COc1c(C)c(F)c(C)c(C2CCCN2)c1OC. The van der Waals surface area contributed by atoms with Gasteiger partial charge in [-0.3, -0.25) is 0 Å². The Kier molecular flexibility index (Phi) is 3.76. The molecule has 1 fully saturated rings. The molecule has 1 unspecified atom stereocenters. The van der Waals surface area contributed by atoms with Crippen LogP contribution in [-0.2, 0) is 0 Å².